The number of hydrogen-bond acceptors (Lipinski definition) is 1. The number of benzene rings is 9. The van der Waals surface area contributed by atoms with E-state index in [9.17, 15) is 5.26 Å². The molecule has 58 heavy (non-hydrogen) atoms. The van der Waals surface area contributed by atoms with Gasteiger partial charge in [-0.3, -0.25) is 0 Å². The second-order valence-corrected chi connectivity index (χ2v) is 14.9. The van der Waals surface area contributed by atoms with Crippen molar-refractivity contribution in [2.24, 2.45) is 0 Å². The van der Waals surface area contributed by atoms with Crippen molar-refractivity contribution in [3.63, 3.8) is 0 Å². The van der Waals surface area contributed by atoms with E-state index in [1.807, 2.05) is 24.3 Å². The summed E-state index contributed by atoms with van der Waals surface area (Å²) >= 11 is 0. The normalized spacial score (nSPS) is 11.4. The van der Waals surface area contributed by atoms with E-state index in [2.05, 4.69) is 203 Å². The average Bonchev–Trinajstić information content (AvgIpc) is 3.82. The van der Waals surface area contributed by atoms with Gasteiger partial charge in [0.15, 0.2) is 0 Å². The summed E-state index contributed by atoms with van der Waals surface area (Å²) in [6, 6.07) is 78.2. The lowest BCUT2D eigenvalue weighted by Gasteiger charge is -2.11. The molecule has 3 heteroatoms. The van der Waals surface area contributed by atoms with Crippen LogP contribution in [0.5, 0.6) is 0 Å². The van der Waals surface area contributed by atoms with Crippen LogP contribution in [0.15, 0.2) is 212 Å². The molecule has 0 saturated carbocycles. The highest BCUT2D eigenvalue weighted by Gasteiger charge is 2.16. The summed E-state index contributed by atoms with van der Waals surface area (Å²) in [5.74, 6) is 0. The van der Waals surface area contributed by atoms with Gasteiger partial charge in [0.2, 0.25) is 0 Å². The van der Waals surface area contributed by atoms with Gasteiger partial charge >= 0.3 is 0 Å². The minimum absolute atomic E-state index is 0.663. The molecule has 0 atom stereocenters. The zero-order chi connectivity index (χ0) is 38.6. The largest absolute Gasteiger partial charge is 0.309 e. The van der Waals surface area contributed by atoms with Gasteiger partial charge < -0.3 is 9.13 Å². The van der Waals surface area contributed by atoms with E-state index in [0.29, 0.717) is 5.56 Å². The third kappa shape index (κ3) is 5.59. The Kier molecular flexibility index (Phi) is 7.88. The van der Waals surface area contributed by atoms with Crippen LogP contribution in [0.2, 0.25) is 0 Å². The van der Waals surface area contributed by atoms with E-state index in [1.54, 1.807) is 0 Å². The standard InChI is InChI=1S/C55H35N3/c56-36-37-17-19-40(20-18-37)43-11-8-12-47(33-43)58-53-16-7-5-14-49(53)51-35-45(28-32-55(51)58)42-23-21-41(22-24-42)44-27-31-54-50(34-44)48-13-4-6-15-52(48)57(54)46-29-25-39(26-30-46)38-9-2-1-3-10-38/h1-35H. The van der Waals surface area contributed by atoms with Gasteiger partial charge in [0, 0.05) is 32.9 Å². The van der Waals surface area contributed by atoms with Crippen LogP contribution in [0.1, 0.15) is 5.56 Å². The summed E-state index contributed by atoms with van der Waals surface area (Å²) in [5.41, 5.74) is 17.0. The Morgan fingerprint density at radius 2 is 0.672 bits per heavy atom. The first-order chi connectivity index (χ1) is 28.7. The summed E-state index contributed by atoms with van der Waals surface area (Å²) in [6.07, 6.45) is 0. The third-order valence-electron chi connectivity index (χ3n) is 11.6. The molecular weight excluding hydrogens is 703 g/mol. The SMILES string of the molecule is N#Cc1ccc(-c2cccc(-n3c4ccccc4c4cc(-c5ccc(-c6ccc7c(c6)c6ccccc6n7-c6ccc(-c7ccccc7)cc6)cc5)ccc43)c2)cc1. The molecule has 0 saturated heterocycles. The Balaban J connectivity index is 0.937. The summed E-state index contributed by atoms with van der Waals surface area (Å²) in [5, 5.41) is 14.2. The van der Waals surface area contributed by atoms with E-state index in [1.165, 1.54) is 71.5 Å². The molecule has 2 heterocycles. The van der Waals surface area contributed by atoms with Crippen molar-refractivity contribution in [3.05, 3.63) is 218 Å². The molecule has 3 nitrogen and oxygen atoms in total. The minimum atomic E-state index is 0.663. The molecule has 0 amide bonds. The maximum absolute atomic E-state index is 9.29. The predicted octanol–water partition coefficient (Wildman–Crippen LogP) is 14.4. The molecule has 0 spiro atoms. The topological polar surface area (TPSA) is 33.6 Å². The maximum atomic E-state index is 9.29. The van der Waals surface area contributed by atoms with Gasteiger partial charge in [-0.25, -0.2) is 0 Å². The summed E-state index contributed by atoms with van der Waals surface area (Å²) in [6.45, 7) is 0. The lowest BCUT2D eigenvalue weighted by atomic mass is 9.98. The van der Waals surface area contributed by atoms with Gasteiger partial charge in [-0.15, -0.1) is 0 Å². The van der Waals surface area contributed by atoms with E-state index in [0.717, 1.165) is 28.0 Å². The van der Waals surface area contributed by atoms with Crippen molar-refractivity contribution < 1.29 is 0 Å². The molecule has 0 N–H and O–H groups in total. The Hall–Kier alpha value is -7.93. The maximum Gasteiger partial charge on any atom is 0.0991 e. The minimum Gasteiger partial charge on any atom is -0.309 e. The first-order valence-electron chi connectivity index (χ1n) is 19.6. The Morgan fingerprint density at radius 1 is 0.276 bits per heavy atom. The fourth-order valence-electron chi connectivity index (χ4n) is 8.71. The second kappa shape index (κ2) is 13.7. The smallest absolute Gasteiger partial charge is 0.0991 e. The summed E-state index contributed by atoms with van der Waals surface area (Å²) < 4.78 is 4.74. The molecule has 11 rings (SSSR count). The highest BCUT2D eigenvalue weighted by Crippen LogP contribution is 2.38. The first-order valence-corrected chi connectivity index (χ1v) is 19.6. The number of hydrogen-bond donors (Lipinski definition) is 0. The molecule has 11 aromatic rings. The molecule has 2 aromatic heterocycles. The molecule has 0 bridgehead atoms. The van der Waals surface area contributed by atoms with Crippen molar-refractivity contribution >= 4 is 43.6 Å². The number of nitriles is 1. The summed E-state index contributed by atoms with van der Waals surface area (Å²) in [7, 11) is 0. The number of para-hydroxylation sites is 2. The Labute approximate surface area is 336 Å². The van der Waals surface area contributed by atoms with Gasteiger partial charge in [-0.05, 0) is 117 Å². The van der Waals surface area contributed by atoms with Gasteiger partial charge in [0.25, 0.3) is 0 Å². The molecule has 0 aliphatic rings. The lowest BCUT2D eigenvalue weighted by molar-refractivity contribution is 1.18. The fraction of sp³-hybridized carbons (Fsp3) is 0. The average molecular weight is 738 g/mol. The summed E-state index contributed by atoms with van der Waals surface area (Å²) in [4.78, 5) is 0. The molecule has 9 aromatic carbocycles. The molecule has 0 radical (unpaired) electrons. The first kappa shape index (κ1) is 33.4. The van der Waals surface area contributed by atoms with Crippen LogP contribution in [0.25, 0.3) is 99.5 Å². The van der Waals surface area contributed by atoms with Crippen LogP contribution >= 0.6 is 0 Å². The second-order valence-electron chi connectivity index (χ2n) is 14.9. The van der Waals surface area contributed by atoms with Gasteiger partial charge in [-0.2, -0.15) is 5.26 Å². The molecule has 0 aliphatic carbocycles. The third-order valence-corrected chi connectivity index (χ3v) is 11.6. The monoisotopic (exact) mass is 737 g/mol. The van der Waals surface area contributed by atoms with E-state index < -0.39 is 0 Å². The number of rotatable bonds is 6. The highest BCUT2D eigenvalue weighted by atomic mass is 15.0. The van der Waals surface area contributed by atoms with E-state index >= 15 is 0 Å². The van der Waals surface area contributed by atoms with Gasteiger partial charge in [0.1, 0.15) is 0 Å². The number of nitrogens with zero attached hydrogens (tertiary/aromatic N) is 3. The number of fused-ring (bicyclic) bond motifs is 6. The van der Waals surface area contributed by atoms with E-state index in [4.69, 9.17) is 0 Å². The van der Waals surface area contributed by atoms with Gasteiger partial charge in [-0.1, -0.05) is 140 Å². The quantitative estimate of drug-likeness (QED) is 0.167. The molecular formula is C55H35N3. The van der Waals surface area contributed by atoms with Crippen LogP contribution in [0.3, 0.4) is 0 Å². The van der Waals surface area contributed by atoms with Crippen molar-refractivity contribution in [2.45, 2.75) is 0 Å². The van der Waals surface area contributed by atoms with Crippen molar-refractivity contribution in [1.29, 1.82) is 5.26 Å². The molecule has 0 unspecified atom stereocenters. The van der Waals surface area contributed by atoms with E-state index in [-0.39, 0.29) is 0 Å². The molecule has 0 fully saturated rings. The zero-order valence-electron chi connectivity index (χ0n) is 31.5. The van der Waals surface area contributed by atoms with Crippen LogP contribution in [-0.2, 0) is 0 Å². The highest BCUT2D eigenvalue weighted by molar-refractivity contribution is 6.11. The van der Waals surface area contributed by atoms with Gasteiger partial charge in [0.05, 0.1) is 33.7 Å². The predicted molar refractivity (Wildman–Crippen MR) is 242 cm³/mol. The van der Waals surface area contributed by atoms with Crippen molar-refractivity contribution in [3.8, 4) is 62.0 Å². The van der Waals surface area contributed by atoms with Crippen LogP contribution in [0, 0.1) is 11.3 Å². The zero-order valence-corrected chi connectivity index (χ0v) is 31.5. The van der Waals surface area contributed by atoms with Crippen molar-refractivity contribution in [1.82, 2.24) is 9.13 Å². The lowest BCUT2D eigenvalue weighted by Crippen LogP contribution is -1.94. The van der Waals surface area contributed by atoms with Crippen LogP contribution < -0.4 is 0 Å². The molecule has 0 aliphatic heterocycles. The Morgan fingerprint density at radius 3 is 1.24 bits per heavy atom. The number of aromatic nitrogens is 2. The molecule has 270 valence electrons. The fourth-order valence-corrected chi connectivity index (χ4v) is 8.71. The van der Waals surface area contributed by atoms with Crippen molar-refractivity contribution in [2.75, 3.05) is 0 Å². The van der Waals surface area contributed by atoms with Crippen LogP contribution in [0.4, 0.5) is 0 Å². The Bertz CT molecular complexity index is 3360. The van der Waals surface area contributed by atoms with Crippen LogP contribution in [-0.4, -0.2) is 9.13 Å².